The Kier molecular flexibility index (Phi) is 6.44. The zero-order valence-electron chi connectivity index (χ0n) is 21.2. The van der Waals surface area contributed by atoms with Gasteiger partial charge in [0.2, 0.25) is 5.78 Å². The van der Waals surface area contributed by atoms with Gasteiger partial charge in [-0.1, -0.05) is 0 Å². The first-order chi connectivity index (χ1) is 17.9. The summed E-state index contributed by atoms with van der Waals surface area (Å²) in [4.78, 5) is 25.8. The number of carbonyl (C=O) groups is 2. The Labute approximate surface area is 214 Å². The number of allylic oxidation sites excluding steroid dienone is 1. The van der Waals surface area contributed by atoms with Gasteiger partial charge in [-0.25, -0.2) is 0 Å². The van der Waals surface area contributed by atoms with Gasteiger partial charge in [0.1, 0.15) is 23.0 Å². The Hall–Kier alpha value is -4.52. The molecule has 0 spiro atoms. The number of aromatic nitrogens is 1. The third kappa shape index (κ3) is 4.56. The van der Waals surface area contributed by atoms with Crippen LogP contribution < -0.4 is 18.9 Å². The van der Waals surface area contributed by atoms with Crippen LogP contribution >= 0.6 is 0 Å². The maximum absolute atomic E-state index is 13.2. The summed E-state index contributed by atoms with van der Waals surface area (Å²) in [5.41, 5.74) is 3.66. The van der Waals surface area contributed by atoms with Gasteiger partial charge in [0, 0.05) is 40.8 Å². The number of hydrogen-bond acceptors (Lipinski definition) is 6. The Morgan fingerprint density at radius 1 is 0.973 bits per heavy atom. The van der Waals surface area contributed by atoms with Crippen LogP contribution in [0.5, 0.6) is 23.0 Å². The molecule has 0 radical (unpaired) electrons. The van der Waals surface area contributed by atoms with Crippen molar-refractivity contribution in [3.8, 4) is 23.0 Å². The third-order valence-corrected chi connectivity index (χ3v) is 6.47. The highest BCUT2D eigenvalue weighted by Crippen LogP contribution is 2.38. The van der Waals surface area contributed by atoms with Crippen LogP contribution in [0.25, 0.3) is 17.0 Å². The summed E-state index contributed by atoms with van der Waals surface area (Å²) >= 11 is 0. The molecular formula is C30H27NO6. The van der Waals surface area contributed by atoms with E-state index in [4.69, 9.17) is 18.9 Å². The molecule has 5 rings (SSSR count). The lowest BCUT2D eigenvalue weighted by molar-refractivity contribution is 0.0920. The molecule has 3 aromatic carbocycles. The number of benzene rings is 3. The summed E-state index contributed by atoms with van der Waals surface area (Å²) < 4.78 is 24.4. The molecule has 0 unspecified atom stereocenters. The number of Topliss-reactive ketones (excluding diaryl/α,β-unsaturated/α-hetero) is 2. The number of rotatable bonds is 8. The molecule has 0 fully saturated rings. The van der Waals surface area contributed by atoms with Crippen molar-refractivity contribution in [2.45, 2.75) is 20.4 Å². The van der Waals surface area contributed by atoms with Crippen molar-refractivity contribution in [1.29, 1.82) is 0 Å². The quantitative estimate of drug-likeness (QED) is 0.224. The van der Waals surface area contributed by atoms with Crippen molar-refractivity contribution in [1.82, 2.24) is 4.57 Å². The Morgan fingerprint density at radius 3 is 2.41 bits per heavy atom. The Bertz CT molecular complexity index is 1540. The van der Waals surface area contributed by atoms with Crippen LogP contribution in [0.4, 0.5) is 0 Å². The maximum Gasteiger partial charge on any atom is 0.232 e. The summed E-state index contributed by atoms with van der Waals surface area (Å²) in [6.45, 7) is 4.54. The third-order valence-electron chi connectivity index (χ3n) is 6.47. The predicted octanol–water partition coefficient (Wildman–Crippen LogP) is 5.86. The first-order valence-corrected chi connectivity index (χ1v) is 12.0. The number of hydrogen-bond donors (Lipinski definition) is 0. The van der Waals surface area contributed by atoms with Crippen molar-refractivity contribution in [3.05, 3.63) is 88.8 Å². The average Bonchev–Trinajstić information content (AvgIpc) is 3.43. The molecule has 0 amide bonds. The van der Waals surface area contributed by atoms with E-state index >= 15 is 0 Å². The highest BCUT2D eigenvalue weighted by Gasteiger charge is 2.30. The van der Waals surface area contributed by atoms with Gasteiger partial charge in [-0.05, 0) is 74.0 Å². The molecule has 0 saturated carbocycles. The van der Waals surface area contributed by atoms with E-state index in [2.05, 4.69) is 11.5 Å². The van der Waals surface area contributed by atoms with Crippen LogP contribution in [0.15, 0.2) is 66.6 Å². The fourth-order valence-corrected chi connectivity index (χ4v) is 4.52. The average molecular weight is 498 g/mol. The van der Waals surface area contributed by atoms with Crippen LogP contribution in [0, 0.1) is 6.92 Å². The lowest BCUT2D eigenvalue weighted by Gasteiger charge is -2.09. The predicted molar refractivity (Wildman–Crippen MR) is 141 cm³/mol. The van der Waals surface area contributed by atoms with Gasteiger partial charge in [0.25, 0.3) is 0 Å². The van der Waals surface area contributed by atoms with Gasteiger partial charge < -0.3 is 23.5 Å². The van der Waals surface area contributed by atoms with Crippen LogP contribution in [-0.4, -0.2) is 37.0 Å². The Balaban J connectivity index is 1.39. The molecule has 0 atom stereocenters. The minimum absolute atomic E-state index is 0.139. The monoisotopic (exact) mass is 497 g/mol. The number of carbonyl (C=O) groups excluding carboxylic acids is 2. The SMILES string of the molecule is CCn1cc(/C=C2\Oc3cc(OCC(=O)c4ccc(OC)cc4)cc(C)c3C2=O)c2cc(OC)ccc21. The Morgan fingerprint density at radius 2 is 1.70 bits per heavy atom. The topological polar surface area (TPSA) is 76.0 Å². The molecule has 7 nitrogen and oxygen atoms in total. The van der Waals surface area contributed by atoms with Gasteiger partial charge in [-0.3, -0.25) is 9.59 Å². The first kappa shape index (κ1) is 24.2. The molecule has 7 heteroatoms. The first-order valence-electron chi connectivity index (χ1n) is 12.0. The van der Waals surface area contributed by atoms with Crippen LogP contribution in [0.3, 0.4) is 0 Å². The van der Waals surface area contributed by atoms with E-state index in [9.17, 15) is 9.59 Å². The summed E-state index contributed by atoms with van der Waals surface area (Å²) in [7, 11) is 3.20. The van der Waals surface area contributed by atoms with Crippen molar-refractivity contribution >= 4 is 28.5 Å². The summed E-state index contributed by atoms with van der Waals surface area (Å²) in [6.07, 6.45) is 3.77. The number of ketones is 2. The minimum Gasteiger partial charge on any atom is -0.497 e. The van der Waals surface area contributed by atoms with E-state index in [0.717, 1.165) is 34.3 Å². The van der Waals surface area contributed by atoms with Crippen molar-refractivity contribution in [2.24, 2.45) is 0 Å². The molecule has 0 aliphatic carbocycles. The fourth-order valence-electron chi connectivity index (χ4n) is 4.52. The van der Waals surface area contributed by atoms with E-state index in [-0.39, 0.29) is 23.9 Å². The zero-order valence-corrected chi connectivity index (χ0v) is 21.2. The molecule has 0 N–H and O–H groups in total. The van der Waals surface area contributed by atoms with Crippen molar-refractivity contribution < 1.29 is 28.5 Å². The molecule has 1 aliphatic rings. The minimum atomic E-state index is -0.186. The molecule has 1 aliphatic heterocycles. The van der Waals surface area contributed by atoms with E-state index in [1.54, 1.807) is 56.7 Å². The van der Waals surface area contributed by atoms with Gasteiger partial charge in [0.15, 0.2) is 18.1 Å². The number of methoxy groups -OCH3 is 2. The molecule has 4 aromatic rings. The maximum atomic E-state index is 13.2. The molecule has 2 heterocycles. The number of aryl methyl sites for hydroxylation is 2. The summed E-state index contributed by atoms with van der Waals surface area (Å²) in [6, 6.07) is 16.1. The van der Waals surface area contributed by atoms with Gasteiger partial charge in [-0.15, -0.1) is 0 Å². The molecule has 0 bridgehead atoms. The number of nitrogens with zero attached hydrogens (tertiary/aromatic N) is 1. The number of fused-ring (bicyclic) bond motifs is 2. The number of ether oxygens (including phenoxy) is 4. The lowest BCUT2D eigenvalue weighted by atomic mass is 10.0. The van der Waals surface area contributed by atoms with Crippen LogP contribution in [0.2, 0.25) is 0 Å². The fraction of sp³-hybridized carbons (Fsp3) is 0.200. The molecule has 0 saturated heterocycles. The standard InChI is InChI=1S/C30H27NO6/c1-5-31-16-20(24-14-22(35-4)10-11-25(24)31)13-28-30(33)29-18(2)12-23(15-27(29)37-28)36-17-26(32)19-6-8-21(34-3)9-7-19/h6-16H,5,17H2,1-4H3/b28-13-. The zero-order chi connectivity index (χ0) is 26.1. The van der Waals surface area contributed by atoms with Crippen molar-refractivity contribution in [3.63, 3.8) is 0 Å². The van der Waals surface area contributed by atoms with E-state index in [1.807, 2.05) is 31.3 Å². The highest BCUT2D eigenvalue weighted by atomic mass is 16.5. The van der Waals surface area contributed by atoms with Crippen LogP contribution in [-0.2, 0) is 6.54 Å². The second-order valence-electron chi connectivity index (χ2n) is 8.75. The second kappa shape index (κ2) is 9.85. The highest BCUT2D eigenvalue weighted by molar-refractivity contribution is 6.16. The molecule has 37 heavy (non-hydrogen) atoms. The largest absolute Gasteiger partial charge is 0.497 e. The van der Waals surface area contributed by atoms with Gasteiger partial charge in [0.05, 0.1) is 19.8 Å². The lowest BCUT2D eigenvalue weighted by Crippen LogP contribution is -2.11. The van der Waals surface area contributed by atoms with E-state index in [0.29, 0.717) is 28.4 Å². The molecular weight excluding hydrogens is 470 g/mol. The van der Waals surface area contributed by atoms with E-state index < -0.39 is 0 Å². The second-order valence-corrected chi connectivity index (χ2v) is 8.75. The molecule has 1 aromatic heterocycles. The summed E-state index contributed by atoms with van der Waals surface area (Å²) in [5, 5.41) is 0.971. The van der Waals surface area contributed by atoms with Crippen molar-refractivity contribution in [2.75, 3.05) is 20.8 Å². The smallest absolute Gasteiger partial charge is 0.232 e. The molecule has 188 valence electrons. The summed E-state index contributed by atoms with van der Waals surface area (Å²) in [5.74, 6) is 2.18. The van der Waals surface area contributed by atoms with Gasteiger partial charge in [-0.2, -0.15) is 0 Å². The normalized spacial score (nSPS) is 13.5. The van der Waals surface area contributed by atoms with Gasteiger partial charge >= 0.3 is 0 Å². The van der Waals surface area contributed by atoms with E-state index in [1.165, 1.54) is 0 Å². The van der Waals surface area contributed by atoms with Crippen LogP contribution in [0.1, 0.15) is 38.8 Å².